The van der Waals surface area contributed by atoms with Crippen molar-refractivity contribution in [3.05, 3.63) is 59.7 Å². The lowest BCUT2D eigenvalue weighted by atomic mass is 9.87. The number of alkyl halides is 5. The highest BCUT2D eigenvalue weighted by molar-refractivity contribution is 9.10. The maximum Gasteiger partial charge on any atom is 0.475 e. The molecular formula is C19H13BrF6N2O3. The van der Waals surface area contributed by atoms with E-state index in [9.17, 15) is 35.9 Å². The Morgan fingerprint density at radius 1 is 1.10 bits per heavy atom. The second kappa shape index (κ2) is 8.40. The van der Waals surface area contributed by atoms with Crippen molar-refractivity contribution in [2.45, 2.75) is 16.9 Å². The lowest BCUT2D eigenvalue weighted by Gasteiger charge is -2.23. The zero-order chi connectivity index (χ0) is 23.0. The Labute approximate surface area is 179 Å². The summed E-state index contributed by atoms with van der Waals surface area (Å²) in [6.07, 6.45) is -5.09. The molecule has 5 nitrogen and oxygen atoms in total. The van der Waals surface area contributed by atoms with Crippen molar-refractivity contribution in [3.63, 3.8) is 0 Å². The highest BCUT2D eigenvalue weighted by atomic mass is 79.9. The normalized spacial score (nSPS) is 19.1. The maximum atomic E-state index is 13.9. The molecule has 1 heterocycles. The second-order valence-corrected chi connectivity index (χ2v) is 7.60. The molecule has 2 aromatic rings. The predicted molar refractivity (Wildman–Crippen MR) is 100 cm³/mol. The highest BCUT2D eigenvalue weighted by Crippen LogP contribution is 2.42. The minimum Gasteiger partial charge on any atom is -0.424 e. The average molecular weight is 511 g/mol. The van der Waals surface area contributed by atoms with Gasteiger partial charge in [0.1, 0.15) is 11.7 Å². The predicted octanol–water partition coefficient (Wildman–Crippen LogP) is 4.39. The van der Waals surface area contributed by atoms with Gasteiger partial charge in [0.2, 0.25) is 11.8 Å². The highest BCUT2D eigenvalue weighted by Gasteiger charge is 2.58. The first kappa shape index (κ1) is 22.9. The monoisotopic (exact) mass is 510 g/mol. The van der Waals surface area contributed by atoms with Crippen molar-refractivity contribution in [3.8, 4) is 5.75 Å². The number of carbonyl (C=O) groups excluding carboxylic acids is 2. The molecule has 1 aliphatic heterocycles. The van der Waals surface area contributed by atoms with E-state index >= 15 is 0 Å². The smallest absolute Gasteiger partial charge is 0.424 e. The topological polar surface area (TPSA) is 67.4 Å². The number of ether oxygens (including phenoxy) is 1. The van der Waals surface area contributed by atoms with Gasteiger partial charge in [0.15, 0.2) is 11.6 Å². The summed E-state index contributed by atoms with van der Waals surface area (Å²) in [6, 6.07) is 7.68. The van der Waals surface area contributed by atoms with Crippen LogP contribution in [0.25, 0.3) is 0 Å². The number of halogens is 7. The Balaban J connectivity index is 1.88. The van der Waals surface area contributed by atoms with Gasteiger partial charge < -0.3 is 15.4 Å². The maximum absolute atomic E-state index is 13.9. The Morgan fingerprint density at radius 2 is 1.77 bits per heavy atom. The zero-order valence-corrected chi connectivity index (χ0v) is 16.9. The molecule has 0 saturated carbocycles. The van der Waals surface area contributed by atoms with Gasteiger partial charge in [-0.2, -0.15) is 17.6 Å². The van der Waals surface area contributed by atoms with Crippen molar-refractivity contribution in [1.82, 2.24) is 5.32 Å². The lowest BCUT2D eigenvalue weighted by Crippen LogP contribution is -2.40. The van der Waals surface area contributed by atoms with Crippen LogP contribution in [0.4, 0.5) is 32.0 Å². The lowest BCUT2D eigenvalue weighted by molar-refractivity contribution is -0.267. The van der Waals surface area contributed by atoms with E-state index in [1.165, 1.54) is 34.1 Å². The number of hydrogen-bond acceptors (Lipinski definition) is 3. The molecule has 166 valence electrons. The Bertz CT molecular complexity index is 1010. The summed E-state index contributed by atoms with van der Waals surface area (Å²) in [5.74, 6) is -7.34. The van der Waals surface area contributed by atoms with E-state index in [0.29, 0.717) is 12.1 Å². The Morgan fingerprint density at radius 3 is 2.42 bits per heavy atom. The number of para-hydroxylation sites is 1. The number of rotatable bonds is 6. The van der Waals surface area contributed by atoms with Gasteiger partial charge in [-0.25, -0.2) is 8.78 Å². The van der Waals surface area contributed by atoms with Crippen LogP contribution in [-0.2, 0) is 9.59 Å². The Kier molecular flexibility index (Phi) is 6.21. The number of anilines is 1. The number of benzene rings is 2. The van der Waals surface area contributed by atoms with Gasteiger partial charge in [-0.3, -0.25) is 9.59 Å². The minimum absolute atomic E-state index is 0.00266. The summed E-state index contributed by atoms with van der Waals surface area (Å²) >= 11 is 1.47. The molecule has 31 heavy (non-hydrogen) atoms. The molecule has 0 unspecified atom stereocenters. The van der Waals surface area contributed by atoms with Crippen LogP contribution in [0.15, 0.2) is 42.5 Å². The third kappa shape index (κ3) is 4.78. The molecule has 2 aromatic carbocycles. The molecule has 2 N–H and O–H groups in total. The van der Waals surface area contributed by atoms with Crippen LogP contribution in [0.1, 0.15) is 11.5 Å². The van der Waals surface area contributed by atoms with Crippen LogP contribution in [0.3, 0.4) is 0 Å². The minimum atomic E-state index is -5.09. The molecule has 0 bridgehead atoms. The molecule has 1 fully saturated rings. The van der Waals surface area contributed by atoms with Gasteiger partial charge >= 0.3 is 10.9 Å². The number of nitrogens with one attached hydrogen (secondary N) is 2. The number of carbonyl (C=O) groups is 2. The molecule has 1 aliphatic rings. The zero-order valence-electron chi connectivity index (χ0n) is 15.3. The van der Waals surface area contributed by atoms with Crippen LogP contribution in [-0.4, -0.2) is 29.3 Å². The second-order valence-electron chi connectivity index (χ2n) is 6.60. The summed E-state index contributed by atoms with van der Waals surface area (Å²) in [5, 5.41) is 4.66. The average Bonchev–Trinajstić information content (AvgIpc) is 3.06. The van der Waals surface area contributed by atoms with Crippen molar-refractivity contribution in [1.29, 1.82) is 0 Å². The third-order valence-electron chi connectivity index (χ3n) is 4.55. The first-order chi connectivity index (χ1) is 14.4. The largest absolute Gasteiger partial charge is 0.475 e. The summed E-state index contributed by atoms with van der Waals surface area (Å²) < 4.78 is 84.5. The molecule has 2 atom stereocenters. The van der Waals surface area contributed by atoms with Crippen molar-refractivity contribution >= 4 is 33.4 Å². The van der Waals surface area contributed by atoms with Gasteiger partial charge in [-0.05, 0) is 29.8 Å². The van der Waals surface area contributed by atoms with E-state index in [-0.39, 0.29) is 17.8 Å². The molecule has 1 saturated heterocycles. The van der Waals surface area contributed by atoms with Crippen LogP contribution in [0, 0.1) is 17.6 Å². The molecular weight excluding hydrogens is 498 g/mol. The van der Waals surface area contributed by atoms with Crippen LogP contribution >= 0.6 is 15.9 Å². The molecule has 2 amide bonds. The van der Waals surface area contributed by atoms with Crippen LogP contribution < -0.4 is 15.4 Å². The van der Waals surface area contributed by atoms with E-state index in [2.05, 4.69) is 15.4 Å². The van der Waals surface area contributed by atoms with E-state index < -0.39 is 52.0 Å². The van der Waals surface area contributed by atoms with Crippen molar-refractivity contribution in [2.24, 2.45) is 5.92 Å². The summed E-state index contributed by atoms with van der Waals surface area (Å²) in [5.41, 5.74) is -0.189. The van der Waals surface area contributed by atoms with Crippen LogP contribution in [0.5, 0.6) is 5.75 Å². The fourth-order valence-electron chi connectivity index (χ4n) is 3.03. The molecule has 3 rings (SSSR count). The van der Waals surface area contributed by atoms with E-state index in [4.69, 9.17) is 0 Å². The first-order valence-electron chi connectivity index (χ1n) is 8.67. The quantitative estimate of drug-likeness (QED) is 0.344. The molecule has 0 radical (unpaired) electrons. The van der Waals surface area contributed by atoms with Gasteiger partial charge in [0.05, 0.1) is 5.69 Å². The fourth-order valence-corrected chi connectivity index (χ4v) is 3.11. The fraction of sp³-hybridized carbons (Fsp3) is 0.263. The first-order valence-corrected chi connectivity index (χ1v) is 9.46. The van der Waals surface area contributed by atoms with Crippen molar-refractivity contribution in [2.75, 3.05) is 11.9 Å². The Hall–Kier alpha value is -2.76. The summed E-state index contributed by atoms with van der Waals surface area (Å²) in [6.45, 7) is -0.135. The summed E-state index contributed by atoms with van der Waals surface area (Å²) in [4.78, 5) is 20.0. The SMILES string of the molecule is O=C1NC[C@H](c2ccc(F)c(OC(F)(F)C(F)(F)Br)c2)[C@H]1C(=O)Nc1ccccc1F. The van der Waals surface area contributed by atoms with Crippen LogP contribution in [0.2, 0.25) is 0 Å². The van der Waals surface area contributed by atoms with E-state index in [0.717, 1.165) is 12.1 Å². The van der Waals surface area contributed by atoms with Gasteiger partial charge in [0.25, 0.3) is 0 Å². The van der Waals surface area contributed by atoms with Crippen molar-refractivity contribution < 1.29 is 40.7 Å². The third-order valence-corrected chi connectivity index (χ3v) is 5.01. The van der Waals surface area contributed by atoms with E-state index in [1.54, 1.807) is 0 Å². The molecule has 0 aromatic heterocycles. The van der Waals surface area contributed by atoms with Gasteiger partial charge in [-0.15, -0.1) is 0 Å². The van der Waals surface area contributed by atoms with Gasteiger partial charge in [0, 0.05) is 28.4 Å². The molecule has 0 aliphatic carbocycles. The number of hydrogen-bond donors (Lipinski definition) is 2. The molecule has 0 spiro atoms. The van der Waals surface area contributed by atoms with Gasteiger partial charge in [-0.1, -0.05) is 18.2 Å². The number of amides is 2. The molecule has 12 heteroatoms. The van der Waals surface area contributed by atoms with E-state index in [1.807, 2.05) is 0 Å². The summed E-state index contributed by atoms with van der Waals surface area (Å²) in [7, 11) is 0. The standard InChI is InChI=1S/C19H13BrF6N2O3/c20-18(23,24)19(25,26)31-14-7-9(5-6-12(14)22)10-8-27-16(29)15(10)17(30)28-13-4-2-1-3-11(13)21/h1-7,10,15H,8H2,(H,27,29)(H,28,30)/t10-,15-/m1/s1.